The largest absolute Gasteiger partial charge is 0.481 e. The van der Waals surface area contributed by atoms with Gasteiger partial charge in [0, 0.05) is 55.0 Å². The molecule has 3 aliphatic rings. The molecule has 12 nitrogen and oxygen atoms in total. The fourth-order valence-electron chi connectivity index (χ4n) is 6.32. The van der Waals surface area contributed by atoms with Crippen molar-refractivity contribution in [2.75, 3.05) is 31.6 Å². The van der Waals surface area contributed by atoms with E-state index in [0.717, 1.165) is 55.3 Å². The van der Waals surface area contributed by atoms with Crippen LogP contribution in [-0.2, 0) is 4.79 Å². The number of methoxy groups -OCH3 is 1. The van der Waals surface area contributed by atoms with Crippen molar-refractivity contribution in [3.05, 3.63) is 48.3 Å². The third-order valence-electron chi connectivity index (χ3n) is 8.67. The van der Waals surface area contributed by atoms with Crippen molar-refractivity contribution in [2.24, 2.45) is 5.92 Å². The molecule has 212 valence electrons. The Bertz CT molecular complexity index is 1630. The van der Waals surface area contributed by atoms with Crippen LogP contribution < -0.4 is 15.0 Å². The third kappa shape index (κ3) is 4.54. The average molecular weight is 560 g/mol. The molecule has 41 heavy (non-hydrogen) atoms. The minimum Gasteiger partial charge on any atom is -0.481 e. The zero-order valence-electron chi connectivity index (χ0n) is 22.6. The number of H-pyrrole nitrogens is 2. The molecular formula is C28H30FN9O3. The molecule has 2 saturated heterocycles. The fourth-order valence-corrected chi connectivity index (χ4v) is 6.32. The molecule has 4 aromatic rings. The number of hydrogen-bond donors (Lipinski definition) is 3. The number of nitrogens with zero attached hydrogens (tertiary/aromatic N) is 6. The quantitative estimate of drug-likeness (QED) is 0.327. The molecule has 0 radical (unpaired) electrons. The Morgan fingerprint density at radius 3 is 2.85 bits per heavy atom. The highest BCUT2D eigenvalue weighted by Crippen LogP contribution is 2.50. The number of carbonyl (C=O) groups excluding carboxylic acids is 2. The second kappa shape index (κ2) is 9.82. The van der Waals surface area contributed by atoms with Gasteiger partial charge in [0.1, 0.15) is 5.69 Å². The molecule has 1 saturated carbocycles. The lowest BCUT2D eigenvalue weighted by atomic mass is 9.87. The van der Waals surface area contributed by atoms with E-state index in [-0.39, 0.29) is 40.8 Å². The van der Waals surface area contributed by atoms with Gasteiger partial charge in [-0.2, -0.15) is 10.2 Å². The number of carbonyl (C=O) groups is 2. The molecule has 2 amide bonds. The Kier molecular flexibility index (Phi) is 6.09. The summed E-state index contributed by atoms with van der Waals surface area (Å²) in [5, 5.41) is 18.2. The Morgan fingerprint density at radius 1 is 1.15 bits per heavy atom. The lowest BCUT2D eigenvalue weighted by molar-refractivity contribution is -0.127. The normalized spacial score (nSPS) is 21.4. The van der Waals surface area contributed by atoms with E-state index in [1.807, 2.05) is 11.0 Å². The van der Waals surface area contributed by atoms with Gasteiger partial charge >= 0.3 is 0 Å². The highest BCUT2D eigenvalue weighted by atomic mass is 19.1. The molecule has 13 heteroatoms. The fraction of sp³-hybridized carbons (Fsp3) is 0.429. The first kappa shape index (κ1) is 25.4. The standard InChI is InChI=1S/C28H30FN9O3/c1-41-24-10-18(20(29)14-31-24)21-11-22(35-34-21)27(40)38-9-3-16(12-28(38)5-6-28)26(39)33-17-4-8-37(15-17)23-2-7-30-25-19(23)13-32-36-25/h2,7,10-11,13-14,16-17H,3-6,8-9,12,15H2,1H3,(H,33,39)(H,34,35)(H,30,32,36)/t16-,17-/m0/s1. The van der Waals surface area contributed by atoms with Crippen LogP contribution in [0.3, 0.4) is 0 Å². The number of anilines is 1. The number of rotatable bonds is 6. The molecule has 0 unspecified atom stereocenters. The first-order chi connectivity index (χ1) is 19.9. The summed E-state index contributed by atoms with van der Waals surface area (Å²) >= 11 is 0. The molecule has 7 rings (SSSR count). The maximum atomic E-state index is 14.4. The monoisotopic (exact) mass is 559 g/mol. The number of pyridine rings is 2. The number of amides is 2. The molecular weight excluding hydrogens is 529 g/mol. The van der Waals surface area contributed by atoms with E-state index in [0.29, 0.717) is 30.8 Å². The summed E-state index contributed by atoms with van der Waals surface area (Å²) in [6, 6.07) is 5.05. The van der Waals surface area contributed by atoms with Crippen LogP contribution in [0, 0.1) is 11.7 Å². The predicted molar refractivity (Wildman–Crippen MR) is 147 cm³/mol. The van der Waals surface area contributed by atoms with E-state index in [1.54, 1.807) is 18.5 Å². The molecule has 3 N–H and O–H groups in total. The van der Waals surface area contributed by atoms with E-state index in [9.17, 15) is 14.0 Å². The molecule has 6 heterocycles. The van der Waals surface area contributed by atoms with Crippen LogP contribution in [-0.4, -0.2) is 85.4 Å². The van der Waals surface area contributed by atoms with Crippen LogP contribution >= 0.6 is 0 Å². The Balaban J connectivity index is 0.988. The van der Waals surface area contributed by atoms with Crippen LogP contribution in [0.25, 0.3) is 22.3 Å². The van der Waals surface area contributed by atoms with Crippen molar-refractivity contribution >= 4 is 28.5 Å². The molecule has 0 bridgehead atoms. The number of aromatic amines is 2. The number of nitrogens with one attached hydrogen (secondary N) is 3. The van der Waals surface area contributed by atoms with Gasteiger partial charge in [0.25, 0.3) is 5.91 Å². The predicted octanol–water partition coefficient (Wildman–Crippen LogP) is 2.67. The summed E-state index contributed by atoms with van der Waals surface area (Å²) in [6.45, 7) is 2.05. The van der Waals surface area contributed by atoms with E-state index in [1.165, 1.54) is 13.2 Å². The molecule has 2 atom stereocenters. The van der Waals surface area contributed by atoms with Crippen LogP contribution in [0.5, 0.6) is 5.88 Å². The van der Waals surface area contributed by atoms with Crippen LogP contribution in [0.1, 0.15) is 42.6 Å². The number of ether oxygens (including phenoxy) is 1. The minimum absolute atomic E-state index is 0.0584. The van der Waals surface area contributed by atoms with Gasteiger partial charge in [-0.15, -0.1) is 0 Å². The molecule has 4 aromatic heterocycles. The van der Waals surface area contributed by atoms with E-state index in [2.05, 4.69) is 40.6 Å². The van der Waals surface area contributed by atoms with Crippen LogP contribution in [0.2, 0.25) is 0 Å². The maximum absolute atomic E-state index is 14.4. The molecule has 2 aliphatic heterocycles. The summed E-state index contributed by atoms with van der Waals surface area (Å²) in [6.07, 6.45) is 8.43. The number of fused-ring (bicyclic) bond motifs is 1. The van der Waals surface area contributed by atoms with Crippen LogP contribution in [0.15, 0.2) is 36.8 Å². The van der Waals surface area contributed by atoms with Gasteiger partial charge in [0.2, 0.25) is 11.8 Å². The second-order valence-electron chi connectivity index (χ2n) is 11.1. The van der Waals surface area contributed by atoms with Gasteiger partial charge < -0.3 is 19.9 Å². The smallest absolute Gasteiger partial charge is 0.272 e. The van der Waals surface area contributed by atoms with Crippen molar-refractivity contribution in [1.82, 2.24) is 40.6 Å². The third-order valence-corrected chi connectivity index (χ3v) is 8.67. The average Bonchev–Trinajstić information content (AvgIpc) is 3.42. The number of halogens is 1. The van der Waals surface area contributed by atoms with Gasteiger partial charge in [-0.05, 0) is 44.2 Å². The van der Waals surface area contributed by atoms with Gasteiger partial charge in [-0.3, -0.25) is 19.8 Å². The second-order valence-corrected chi connectivity index (χ2v) is 11.1. The van der Waals surface area contributed by atoms with Gasteiger partial charge in [0.15, 0.2) is 11.5 Å². The lowest BCUT2D eigenvalue weighted by Gasteiger charge is -2.39. The van der Waals surface area contributed by atoms with Crippen molar-refractivity contribution < 1.29 is 18.7 Å². The first-order valence-corrected chi connectivity index (χ1v) is 13.8. The SMILES string of the molecule is COc1cc(-c2cc(C(=O)N3CC[C@H](C(=O)N[C@H]4CCN(c5ccnc6[nH]ncc56)C4)CC34CC4)[nH]n2)c(F)cn1. The summed E-state index contributed by atoms with van der Waals surface area (Å²) < 4.78 is 19.5. The van der Waals surface area contributed by atoms with Crippen molar-refractivity contribution in [2.45, 2.75) is 43.7 Å². The summed E-state index contributed by atoms with van der Waals surface area (Å²) in [5.41, 5.74) is 2.29. The van der Waals surface area contributed by atoms with Crippen molar-refractivity contribution in [3.8, 4) is 17.1 Å². The highest BCUT2D eigenvalue weighted by Gasteiger charge is 2.54. The van der Waals surface area contributed by atoms with Gasteiger partial charge in [-0.25, -0.2) is 14.4 Å². The van der Waals surface area contributed by atoms with Gasteiger partial charge in [-0.1, -0.05) is 0 Å². The summed E-state index contributed by atoms with van der Waals surface area (Å²) in [4.78, 5) is 39.2. The zero-order chi connectivity index (χ0) is 28.1. The number of piperidine rings is 1. The maximum Gasteiger partial charge on any atom is 0.272 e. The Morgan fingerprint density at radius 2 is 2.02 bits per heavy atom. The molecule has 3 fully saturated rings. The minimum atomic E-state index is -0.553. The highest BCUT2D eigenvalue weighted by molar-refractivity contribution is 5.94. The Hall–Kier alpha value is -4.55. The number of aromatic nitrogens is 6. The summed E-state index contributed by atoms with van der Waals surface area (Å²) in [7, 11) is 1.45. The number of hydrogen-bond acceptors (Lipinski definition) is 8. The molecule has 1 aliphatic carbocycles. The van der Waals surface area contributed by atoms with Crippen LogP contribution in [0.4, 0.5) is 10.1 Å². The molecule has 1 spiro atoms. The lowest BCUT2D eigenvalue weighted by Crippen LogP contribution is -2.52. The van der Waals surface area contributed by atoms with Crippen molar-refractivity contribution in [3.63, 3.8) is 0 Å². The van der Waals surface area contributed by atoms with E-state index in [4.69, 9.17) is 4.74 Å². The topological polar surface area (TPSA) is 145 Å². The summed E-state index contributed by atoms with van der Waals surface area (Å²) in [5.74, 6) is -0.566. The number of likely N-dealkylation sites (tertiary alicyclic amines) is 1. The van der Waals surface area contributed by atoms with Crippen molar-refractivity contribution in [1.29, 1.82) is 0 Å². The zero-order valence-corrected chi connectivity index (χ0v) is 22.6. The van der Waals surface area contributed by atoms with Gasteiger partial charge in [0.05, 0.1) is 36.3 Å². The molecule has 0 aromatic carbocycles. The first-order valence-electron chi connectivity index (χ1n) is 13.8. The van der Waals surface area contributed by atoms with E-state index < -0.39 is 5.82 Å². The van der Waals surface area contributed by atoms with E-state index >= 15 is 0 Å². The Labute approximate surface area is 234 Å².